The molecule has 9 nitrogen and oxygen atoms in total. The summed E-state index contributed by atoms with van der Waals surface area (Å²) in [5.41, 5.74) is 1.40. The van der Waals surface area contributed by atoms with Crippen molar-refractivity contribution in [3.63, 3.8) is 0 Å². The van der Waals surface area contributed by atoms with Gasteiger partial charge in [-0.1, -0.05) is 6.07 Å². The predicted molar refractivity (Wildman–Crippen MR) is 104 cm³/mol. The molecule has 0 bridgehead atoms. The first-order valence-electron chi connectivity index (χ1n) is 8.90. The monoisotopic (exact) mass is 398 g/mol. The number of nitrogens with zero attached hydrogens (tertiary/aromatic N) is 4. The van der Waals surface area contributed by atoms with Crippen LogP contribution >= 0.6 is 11.3 Å². The molecule has 2 aliphatic rings. The number of rotatable bonds is 3. The van der Waals surface area contributed by atoms with Gasteiger partial charge in [-0.2, -0.15) is 14.8 Å². The Balaban J connectivity index is 1.49. The van der Waals surface area contributed by atoms with Gasteiger partial charge in [0, 0.05) is 16.7 Å². The van der Waals surface area contributed by atoms with Crippen molar-refractivity contribution in [1.82, 2.24) is 15.1 Å². The second-order valence-corrected chi connectivity index (χ2v) is 7.63. The fourth-order valence-corrected chi connectivity index (χ4v) is 3.87. The molecule has 3 heterocycles. The van der Waals surface area contributed by atoms with Crippen LogP contribution in [0.4, 0.5) is 5.82 Å². The lowest BCUT2D eigenvalue weighted by molar-refractivity contribution is -0.136. The van der Waals surface area contributed by atoms with Gasteiger partial charge in [0.2, 0.25) is 0 Å². The lowest BCUT2D eigenvalue weighted by Gasteiger charge is -2.15. The van der Waals surface area contributed by atoms with E-state index in [2.05, 4.69) is 25.7 Å². The Morgan fingerprint density at radius 2 is 2.18 bits per heavy atom. The second kappa shape index (κ2) is 7.47. The van der Waals surface area contributed by atoms with E-state index in [1.165, 1.54) is 16.0 Å². The summed E-state index contributed by atoms with van der Waals surface area (Å²) in [7, 11) is 0. The van der Waals surface area contributed by atoms with Gasteiger partial charge in [0.15, 0.2) is 0 Å². The Hall–Kier alpha value is -3.14. The van der Waals surface area contributed by atoms with Crippen molar-refractivity contribution in [3.8, 4) is 0 Å². The number of fused-ring (bicyclic) bond motifs is 1. The SMILES string of the molecule is Cc1cc(NC(=O)C(=O)NCc2cccs2)n(C2=NC(=O)C3CCCC3=N2)n1. The quantitative estimate of drug-likeness (QED) is 0.762. The number of thiophene rings is 1. The third-order valence-corrected chi connectivity index (χ3v) is 5.43. The van der Waals surface area contributed by atoms with Gasteiger partial charge in [0.25, 0.3) is 11.9 Å². The Labute approximate surface area is 164 Å². The number of aromatic nitrogens is 2. The van der Waals surface area contributed by atoms with Crippen molar-refractivity contribution >= 4 is 46.5 Å². The largest absolute Gasteiger partial charge is 0.343 e. The Morgan fingerprint density at radius 3 is 2.96 bits per heavy atom. The summed E-state index contributed by atoms with van der Waals surface area (Å²) in [5, 5.41) is 11.2. The topological polar surface area (TPSA) is 118 Å². The summed E-state index contributed by atoms with van der Waals surface area (Å²) < 4.78 is 1.29. The van der Waals surface area contributed by atoms with E-state index in [-0.39, 0.29) is 30.1 Å². The van der Waals surface area contributed by atoms with Crippen molar-refractivity contribution in [2.24, 2.45) is 15.9 Å². The number of aryl methyl sites for hydroxylation is 1. The minimum atomic E-state index is -0.827. The van der Waals surface area contributed by atoms with Crippen LogP contribution < -0.4 is 10.6 Å². The highest BCUT2D eigenvalue weighted by molar-refractivity contribution is 7.09. The van der Waals surface area contributed by atoms with Crippen LogP contribution in [0.5, 0.6) is 0 Å². The molecule has 28 heavy (non-hydrogen) atoms. The highest BCUT2D eigenvalue weighted by Crippen LogP contribution is 2.27. The fraction of sp³-hybridized carbons (Fsp3) is 0.333. The maximum atomic E-state index is 12.3. The van der Waals surface area contributed by atoms with Crippen LogP contribution in [0.1, 0.15) is 29.8 Å². The number of carbonyl (C=O) groups is 3. The molecule has 4 rings (SSSR count). The van der Waals surface area contributed by atoms with E-state index in [0.717, 1.165) is 29.9 Å². The van der Waals surface area contributed by atoms with E-state index in [9.17, 15) is 14.4 Å². The summed E-state index contributed by atoms with van der Waals surface area (Å²) in [6.45, 7) is 2.01. The minimum Gasteiger partial charge on any atom is -0.343 e. The van der Waals surface area contributed by atoms with Gasteiger partial charge in [-0.05, 0) is 37.6 Å². The lowest BCUT2D eigenvalue weighted by atomic mass is 10.1. The fourth-order valence-electron chi connectivity index (χ4n) is 3.23. The first kappa shape index (κ1) is 18.2. The first-order valence-corrected chi connectivity index (χ1v) is 9.78. The number of anilines is 1. The van der Waals surface area contributed by atoms with Crippen LogP contribution in [-0.4, -0.2) is 39.2 Å². The molecule has 0 radical (unpaired) electrons. The summed E-state index contributed by atoms with van der Waals surface area (Å²) in [4.78, 5) is 46.0. The molecule has 0 spiro atoms. The molecule has 1 aliphatic heterocycles. The molecule has 1 atom stereocenters. The lowest BCUT2D eigenvalue weighted by Crippen LogP contribution is -2.36. The number of hydrogen-bond donors (Lipinski definition) is 2. The highest BCUT2D eigenvalue weighted by atomic mass is 32.1. The minimum absolute atomic E-state index is 0.112. The van der Waals surface area contributed by atoms with E-state index in [0.29, 0.717) is 5.69 Å². The van der Waals surface area contributed by atoms with Crippen molar-refractivity contribution in [2.45, 2.75) is 32.7 Å². The summed E-state index contributed by atoms with van der Waals surface area (Å²) in [5.74, 6) is -1.71. The molecule has 0 saturated heterocycles. The molecule has 2 N–H and O–H groups in total. The molecule has 2 aromatic rings. The van der Waals surface area contributed by atoms with Crippen LogP contribution in [0.25, 0.3) is 0 Å². The van der Waals surface area contributed by atoms with E-state index >= 15 is 0 Å². The van der Waals surface area contributed by atoms with Crippen molar-refractivity contribution < 1.29 is 14.4 Å². The molecular formula is C18H18N6O3S. The maximum absolute atomic E-state index is 12.3. The van der Waals surface area contributed by atoms with Crippen LogP contribution in [0, 0.1) is 12.8 Å². The Morgan fingerprint density at radius 1 is 1.32 bits per heavy atom. The van der Waals surface area contributed by atoms with Crippen LogP contribution in [-0.2, 0) is 20.9 Å². The smallest absolute Gasteiger partial charge is 0.314 e. The predicted octanol–water partition coefficient (Wildman–Crippen LogP) is 1.49. The summed E-state index contributed by atoms with van der Waals surface area (Å²) in [6, 6.07) is 5.34. The standard InChI is InChI=1S/C18H18N6O3S/c1-10-8-14(21-17(27)16(26)19-9-11-4-3-7-28-11)24(23-10)18-20-13-6-2-5-12(13)15(25)22-18/h3-4,7-8,12H,2,5-6,9H2,1H3,(H,19,26)(H,21,27). The molecule has 1 unspecified atom stereocenters. The molecule has 1 saturated carbocycles. The zero-order valence-electron chi connectivity index (χ0n) is 15.1. The van der Waals surface area contributed by atoms with E-state index in [4.69, 9.17) is 0 Å². The third-order valence-electron chi connectivity index (χ3n) is 4.55. The normalized spacial score (nSPS) is 18.3. The van der Waals surface area contributed by atoms with E-state index in [1.54, 1.807) is 13.0 Å². The molecule has 10 heteroatoms. The third kappa shape index (κ3) is 3.63. The number of hydrogen-bond acceptors (Lipinski definition) is 6. The van der Waals surface area contributed by atoms with Crippen molar-refractivity contribution in [1.29, 1.82) is 0 Å². The van der Waals surface area contributed by atoms with Gasteiger partial charge in [0.1, 0.15) is 5.82 Å². The van der Waals surface area contributed by atoms with Gasteiger partial charge < -0.3 is 10.6 Å². The van der Waals surface area contributed by atoms with E-state index in [1.807, 2.05) is 17.5 Å². The Bertz CT molecular complexity index is 1000. The highest BCUT2D eigenvalue weighted by Gasteiger charge is 2.33. The second-order valence-electron chi connectivity index (χ2n) is 6.60. The average Bonchev–Trinajstić information content (AvgIpc) is 3.40. The molecule has 1 aliphatic carbocycles. The van der Waals surface area contributed by atoms with Gasteiger partial charge in [0.05, 0.1) is 18.2 Å². The molecule has 3 amide bonds. The molecule has 0 aromatic carbocycles. The average molecular weight is 398 g/mol. The van der Waals surface area contributed by atoms with Gasteiger partial charge in [-0.15, -0.1) is 11.3 Å². The van der Waals surface area contributed by atoms with Crippen molar-refractivity contribution in [2.75, 3.05) is 5.32 Å². The zero-order valence-corrected chi connectivity index (χ0v) is 16.0. The first-order chi connectivity index (χ1) is 13.5. The summed E-state index contributed by atoms with van der Waals surface area (Å²) in [6.07, 6.45) is 2.42. The summed E-state index contributed by atoms with van der Waals surface area (Å²) >= 11 is 1.49. The van der Waals surface area contributed by atoms with Crippen molar-refractivity contribution in [3.05, 3.63) is 34.2 Å². The number of nitrogens with one attached hydrogen (secondary N) is 2. The zero-order chi connectivity index (χ0) is 19.7. The van der Waals surface area contributed by atoms with Gasteiger partial charge in [-0.3, -0.25) is 14.4 Å². The molecular weight excluding hydrogens is 380 g/mol. The van der Waals surface area contributed by atoms with Crippen LogP contribution in [0.3, 0.4) is 0 Å². The number of aliphatic imine (C=N–C) groups is 2. The number of carbonyl (C=O) groups excluding carboxylic acids is 3. The molecule has 1 fully saturated rings. The van der Waals surface area contributed by atoms with Gasteiger partial charge >= 0.3 is 11.8 Å². The van der Waals surface area contributed by atoms with Crippen LogP contribution in [0.15, 0.2) is 33.6 Å². The van der Waals surface area contributed by atoms with E-state index < -0.39 is 11.8 Å². The molecule has 2 aromatic heterocycles. The van der Waals surface area contributed by atoms with Crippen LogP contribution in [0.2, 0.25) is 0 Å². The Kier molecular flexibility index (Phi) is 4.86. The maximum Gasteiger partial charge on any atom is 0.314 e. The molecule has 144 valence electrons. The number of amides is 3. The van der Waals surface area contributed by atoms with Gasteiger partial charge in [-0.25, -0.2) is 4.99 Å².